The van der Waals surface area contributed by atoms with Crippen molar-refractivity contribution in [3.63, 3.8) is 0 Å². The lowest BCUT2D eigenvalue weighted by Crippen LogP contribution is -1.99. The van der Waals surface area contributed by atoms with Crippen LogP contribution in [0.5, 0.6) is 0 Å². The van der Waals surface area contributed by atoms with E-state index < -0.39 is 0 Å². The Hall–Kier alpha value is -4.56. The van der Waals surface area contributed by atoms with Crippen molar-refractivity contribution in [3.05, 3.63) is 161 Å². The molecular formula is C40H34F2. The summed E-state index contributed by atoms with van der Waals surface area (Å²) in [6, 6.07) is 37.3. The van der Waals surface area contributed by atoms with Gasteiger partial charge in [-0.1, -0.05) is 110 Å². The molecule has 0 aromatic heterocycles. The zero-order valence-electron chi connectivity index (χ0n) is 24.3. The molecular weight excluding hydrogens is 518 g/mol. The minimum atomic E-state index is -0.220. The molecule has 0 fully saturated rings. The minimum absolute atomic E-state index is 0.0410. The van der Waals surface area contributed by atoms with Gasteiger partial charge in [0, 0.05) is 12.3 Å². The maximum atomic E-state index is 13.4. The topological polar surface area (TPSA) is 0 Å². The van der Waals surface area contributed by atoms with E-state index in [0.29, 0.717) is 6.42 Å². The van der Waals surface area contributed by atoms with Crippen molar-refractivity contribution >= 4 is 5.57 Å². The zero-order chi connectivity index (χ0) is 29.2. The summed E-state index contributed by atoms with van der Waals surface area (Å²) in [4.78, 5) is 0. The summed E-state index contributed by atoms with van der Waals surface area (Å²) in [6.45, 7) is 6.62. The maximum Gasteiger partial charge on any atom is 0.123 e. The highest BCUT2D eigenvalue weighted by Gasteiger charge is 2.14. The SMILES string of the molecule is Cc1cc(C(C)c2ccc(-c3ccc(-c4ccc(F)cc4)cc3)c(C)c2)ccc1-c1ccc(C2=CC=C(F)CC2)cc1. The van der Waals surface area contributed by atoms with Gasteiger partial charge in [-0.2, -0.15) is 0 Å². The van der Waals surface area contributed by atoms with E-state index in [-0.39, 0.29) is 17.6 Å². The van der Waals surface area contributed by atoms with Crippen LogP contribution >= 0.6 is 0 Å². The first-order valence-corrected chi connectivity index (χ1v) is 14.6. The van der Waals surface area contributed by atoms with Crippen LogP contribution in [0.4, 0.5) is 8.78 Å². The van der Waals surface area contributed by atoms with Gasteiger partial charge < -0.3 is 0 Å². The lowest BCUT2D eigenvalue weighted by atomic mass is 9.87. The molecule has 0 heterocycles. The van der Waals surface area contributed by atoms with Crippen molar-refractivity contribution in [2.75, 3.05) is 0 Å². The number of halogens is 2. The fourth-order valence-electron chi connectivity index (χ4n) is 5.95. The predicted octanol–water partition coefficient (Wildman–Crippen LogP) is 11.6. The Morgan fingerprint density at radius 1 is 0.500 bits per heavy atom. The molecule has 0 nitrogen and oxygen atoms in total. The van der Waals surface area contributed by atoms with Gasteiger partial charge in [0.2, 0.25) is 0 Å². The van der Waals surface area contributed by atoms with Gasteiger partial charge in [0.25, 0.3) is 0 Å². The first-order valence-electron chi connectivity index (χ1n) is 14.6. The number of benzene rings is 5. The molecule has 5 aromatic rings. The molecule has 1 aliphatic rings. The average molecular weight is 553 g/mol. The predicted molar refractivity (Wildman–Crippen MR) is 173 cm³/mol. The van der Waals surface area contributed by atoms with Gasteiger partial charge in [0.15, 0.2) is 0 Å². The van der Waals surface area contributed by atoms with Gasteiger partial charge in [0.1, 0.15) is 11.6 Å². The van der Waals surface area contributed by atoms with E-state index in [9.17, 15) is 8.78 Å². The second-order valence-electron chi connectivity index (χ2n) is 11.3. The molecule has 0 spiro atoms. The lowest BCUT2D eigenvalue weighted by Gasteiger charge is -2.18. The fraction of sp³-hybridized carbons (Fsp3) is 0.150. The fourth-order valence-corrected chi connectivity index (χ4v) is 5.95. The second-order valence-corrected chi connectivity index (χ2v) is 11.3. The van der Waals surface area contributed by atoms with Crippen LogP contribution in [0.1, 0.15) is 53.5 Å². The van der Waals surface area contributed by atoms with E-state index in [1.807, 2.05) is 18.2 Å². The van der Waals surface area contributed by atoms with Gasteiger partial charge in [-0.25, -0.2) is 8.78 Å². The number of hydrogen-bond donors (Lipinski definition) is 0. The summed E-state index contributed by atoms with van der Waals surface area (Å²) in [6.07, 6.45) is 4.72. The molecule has 0 radical (unpaired) electrons. The Morgan fingerprint density at radius 3 is 1.40 bits per heavy atom. The van der Waals surface area contributed by atoms with Crippen LogP contribution in [0.2, 0.25) is 0 Å². The Kier molecular flexibility index (Phi) is 7.71. The van der Waals surface area contributed by atoms with Gasteiger partial charge in [-0.15, -0.1) is 0 Å². The summed E-state index contributed by atoms with van der Waals surface area (Å²) < 4.78 is 26.7. The van der Waals surface area contributed by atoms with Crippen LogP contribution in [-0.4, -0.2) is 0 Å². The lowest BCUT2D eigenvalue weighted by molar-refractivity contribution is 0.590. The Bertz CT molecular complexity index is 1790. The first-order chi connectivity index (χ1) is 20.4. The van der Waals surface area contributed by atoms with E-state index >= 15 is 0 Å². The Morgan fingerprint density at radius 2 is 0.952 bits per heavy atom. The summed E-state index contributed by atoms with van der Waals surface area (Å²) in [5.74, 6) is 0.00349. The van der Waals surface area contributed by atoms with Crippen LogP contribution < -0.4 is 0 Å². The van der Waals surface area contributed by atoms with E-state index in [4.69, 9.17) is 0 Å². The van der Waals surface area contributed by atoms with E-state index in [2.05, 4.69) is 106 Å². The van der Waals surface area contributed by atoms with Crippen molar-refractivity contribution in [2.45, 2.75) is 39.5 Å². The average Bonchev–Trinajstić information content (AvgIpc) is 3.02. The summed E-state index contributed by atoms with van der Waals surface area (Å²) in [5.41, 5.74) is 14.3. The molecule has 0 bridgehead atoms. The Labute approximate surface area is 247 Å². The van der Waals surface area contributed by atoms with E-state index in [0.717, 1.165) is 23.1 Å². The van der Waals surface area contributed by atoms with Crippen molar-refractivity contribution < 1.29 is 8.78 Å². The Balaban J connectivity index is 1.18. The second kappa shape index (κ2) is 11.7. The standard InChI is InChI=1S/C40H34F2/c1-26-24-35(16-22-39(26)33-8-4-29(5-9-33)31-12-18-37(41)19-13-31)28(3)36-17-23-40(27(2)25-36)34-10-6-30(7-11-34)32-14-20-38(42)21-15-32/h4-14,16-20,22-25,28H,15,21H2,1-3H3. The zero-order valence-corrected chi connectivity index (χ0v) is 24.3. The van der Waals surface area contributed by atoms with Crippen LogP contribution in [0, 0.1) is 19.7 Å². The van der Waals surface area contributed by atoms with Crippen LogP contribution in [0.3, 0.4) is 0 Å². The monoisotopic (exact) mass is 552 g/mol. The first kappa shape index (κ1) is 27.6. The normalized spacial score (nSPS) is 13.8. The van der Waals surface area contributed by atoms with Crippen molar-refractivity contribution in [2.24, 2.45) is 0 Å². The molecule has 1 unspecified atom stereocenters. The third-order valence-corrected chi connectivity index (χ3v) is 8.54. The molecule has 0 saturated heterocycles. The highest BCUT2D eigenvalue weighted by molar-refractivity contribution is 5.75. The maximum absolute atomic E-state index is 13.4. The van der Waals surface area contributed by atoms with E-state index in [1.54, 1.807) is 6.08 Å². The third kappa shape index (κ3) is 5.76. The summed E-state index contributed by atoms with van der Waals surface area (Å²) in [5, 5.41) is 0. The third-order valence-electron chi connectivity index (χ3n) is 8.54. The summed E-state index contributed by atoms with van der Waals surface area (Å²) >= 11 is 0. The molecule has 5 aromatic carbocycles. The molecule has 0 aliphatic heterocycles. The van der Waals surface area contributed by atoms with Crippen molar-refractivity contribution in [1.82, 2.24) is 0 Å². The molecule has 42 heavy (non-hydrogen) atoms. The van der Waals surface area contributed by atoms with Crippen molar-refractivity contribution in [1.29, 1.82) is 0 Å². The minimum Gasteiger partial charge on any atom is -0.212 e. The molecule has 0 amide bonds. The largest absolute Gasteiger partial charge is 0.212 e. The molecule has 208 valence electrons. The highest BCUT2D eigenvalue weighted by atomic mass is 19.1. The highest BCUT2D eigenvalue weighted by Crippen LogP contribution is 2.34. The van der Waals surface area contributed by atoms with Gasteiger partial charge in [-0.05, 0) is 105 Å². The smallest absolute Gasteiger partial charge is 0.123 e. The van der Waals surface area contributed by atoms with Gasteiger partial charge in [0.05, 0.1) is 0 Å². The molecule has 0 saturated carbocycles. The summed E-state index contributed by atoms with van der Waals surface area (Å²) in [7, 11) is 0. The van der Waals surface area contributed by atoms with Crippen LogP contribution in [-0.2, 0) is 0 Å². The van der Waals surface area contributed by atoms with Crippen LogP contribution in [0.25, 0.3) is 39.0 Å². The van der Waals surface area contributed by atoms with Crippen molar-refractivity contribution in [3.8, 4) is 33.4 Å². The quantitative estimate of drug-likeness (QED) is 0.196. The van der Waals surface area contributed by atoms with E-state index in [1.165, 1.54) is 62.2 Å². The molecule has 2 heteroatoms. The van der Waals surface area contributed by atoms with Gasteiger partial charge >= 0.3 is 0 Å². The molecule has 6 rings (SSSR count). The number of hydrogen-bond acceptors (Lipinski definition) is 0. The number of aryl methyl sites for hydroxylation is 2. The molecule has 1 atom stereocenters. The van der Waals surface area contributed by atoms with Gasteiger partial charge in [-0.3, -0.25) is 0 Å². The molecule has 0 N–H and O–H groups in total. The number of rotatable bonds is 6. The molecule has 1 aliphatic carbocycles. The van der Waals surface area contributed by atoms with Crippen LogP contribution in [0.15, 0.2) is 127 Å². The number of allylic oxidation sites excluding steroid dienone is 4.